The van der Waals surface area contributed by atoms with E-state index in [0.29, 0.717) is 24.3 Å². The van der Waals surface area contributed by atoms with Crippen LogP contribution in [0.1, 0.15) is 12.2 Å². The number of imidazole rings is 1. The summed E-state index contributed by atoms with van der Waals surface area (Å²) < 4.78 is 27.7. The molecule has 2 heterocycles. The van der Waals surface area contributed by atoms with Gasteiger partial charge in [-0.15, -0.1) is 6.58 Å². The van der Waals surface area contributed by atoms with Gasteiger partial charge in [0, 0.05) is 27.1 Å². The molecule has 0 saturated carbocycles. The van der Waals surface area contributed by atoms with E-state index in [9.17, 15) is 18.0 Å². The predicted molar refractivity (Wildman–Crippen MR) is 86.9 cm³/mol. The fourth-order valence-corrected chi connectivity index (χ4v) is 3.07. The summed E-state index contributed by atoms with van der Waals surface area (Å²) in [6, 6.07) is 0. The fourth-order valence-electron chi connectivity index (χ4n) is 2.19. The third-order valence-electron chi connectivity index (χ3n) is 3.39. The van der Waals surface area contributed by atoms with E-state index in [1.807, 2.05) is 0 Å². The molecule has 0 aliphatic carbocycles. The van der Waals surface area contributed by atoms with Crippen molar-refractivity contribution in [1.29, 1.82) is 0 Å². The van der Waals surface area contributed by atoms with Crippen molar-refractivity contribution < 1.29 is 8.42 Å². The highest BCUT2D eigenvalue weighted by Crippen LogP contribution is 2.06. The molecule has 2 N–H and O–H groups in total. The van der Waals surface area contributed by atoms with Gasteiger partial charge in [-0.1, -0.05) is 6.08 Å². The van der Waals surface area contributed by atoms with Crippen molar-refractivity contribution in [2.24, 2.45) is 14.1 Å². The van der Waals surface area contributed by atoms with Crippen LogP contribution in [-0.4, -0.2) is 39.8 Å². The molecule has 0 spiro atoms. The average molecular weight is 341 g/mol. The number of rotatable bonds is 7. The maximum atomic E-state index is 12.0. The lowest BCUT2D eigenvalue weighted by Crippen LogP contribution is -2.36. The quantitative estimate of drug-likeness (QED) is 0.494. The molecule has 0 bridgehead atoms. The van der Waals surface area contributed by atoms with Gasteiger partial charge in [-0.05, 0) is 6.42 Å². The second-order valence-corrected chi connectivity index (χ2v) is 7.01. The zero-order chi connectivity index (χ0) is 17.2. The molecule has 2 rings (SSSR count). The summed E-state index contributed by atoms with van der Waals surface area (Å²) in [5, 5.41) is 0. The smallest absolute Gasteiger partial charge is 0.332 e. The molecular weight excluding hydrogens is 322 g/mol. The maximum absolute atomic E-state index is 12.0. The van der Waals surface area contributed by atoms with Crippen molar-refractivity contribution >= 4 is 21.2 Å². The summed E-state index contributed by atoms with van der Waals surface area (Å²) >= 11 is 0. The van der Waals surface area contributed by atoms with Gasteiger partial charge in [0.25, 0.3) is 5.56 Å². The zero-order valence-corrected chi connectivity index (χ0v) is 13.8. The van der Waals surface area contributed by atoms with Crippen molar-refractivity contribution in [2.75, 3.05) is 12.3 Å². The zero-order valence-electron chi connectivity index (χ0n) is 13.0. The Labute approximate surface area is 132 Å². The third-order valence-corrected chi connectivity index (χ3v) is 4.71. The van der Waals surface area contributed by atoms with Crippen LogP contribution in [0.3, 0.4) is 0 Å². The summed E-state index contributed by atoms with van der Waals surface area (Å²) in [6.45, 7) is 3.64. The largest absolute Gasteiger partial charge is 0.336 e. The monoisotopic (exact) mass is 341 g/mol. The standard InChI is InChI=1S/C13H19N5O4S/c1-4-8-23(21,22)14-7-5-6-9-15-10-11(16-9)17(2)13(20)18(3)12(10)19/h4,14H,1,5-8H2,2-3H3,(H,15,16). The topological polar surface area (TPSA) is 119 Å². The Hall–Kier alpha value is -2.20. The van der Waals surface area contributed by atoms with E-state index >= 15 is 0 Å². The molecule has 126 valence electrons. The molecule has 0 amide bonds. The first-order chi connectivity index (χ1) is 10.8. The van der Waals surface area contributed by atoms with E-state index < -0.39 is 21.3 Å². The van der Waals surface area contributed by atoms with Crippen LogP contribution in [0.5, 0.6) is 0 Å². The Kier molecular flexibility index (Phi) is 4.85. The second-order valence-electron chi connectivity index (χ2n) is 5.16. The highest BCUT2D eigenvalue weighted by atomic mass is 32.2. The average Bonchev–Trinajstić information content (AvgIpc) is 2.92. The number of aromatic amines is 1. The highest BCUT2D eigenvalue weighted by molar-refractivity contribution is 7.89. The Morgan fingerprint density at radius 3 is 2.65 bits per heavy atom. The molecule has 0 atom stereocenters. The minimum Gasteiger partial charge on any atom is -0.336 e. The lowest BCUT2D eigenvalue weighted by molar-refractivity contribution is 0.581. The summed E-state index contributed by atoms with van der Waals surface area (Å²) in [6.07, 6.45) is 2.27. The third kappa shape index (κ3) is 3.59. The number of nitrogens with zero attached hydrogens (tertiary/aromatic N) is 3. The molecule has 10 heteroatoms. The van der Waals surface area contributed by atoms with E-state index in [1.54, 1.807) is 0 Å². The van der Waals surface area contributed by atoms with Gasteiger partial charge in [-0.2, -0.15) is 0 Å². The molecule has 0 fully saturated rings. The molecule has 23 heavy (non-hydrogen) atoms. The Bertz CT molecular complexity index is 951. The van der Waals surface area contributed by atoms with Crippen LogP contribution in [0, 0.1) is 0 Å². The molecule has 0 saturated heterocycles. The van der Waals surface area contributed by atoms with Gasteiger partial charge in [-0.25, -0.2) is 22.9 Å². The van der Waals surface area contributed by atoms with Crippen molar-refractivity contribution in [3.63, 3.8) is 0 Å². The Morgan fingerprint density at radius 1 is 1.30 bits per heavy atom. The maximum Gasteiger partial charge on any atom is 0.332 e. The number of aryl methyl sites for hydroxylation is 2. The van der Waals surface area contributed by atoms with Crippen LogP contribution in [0.2, 0.25) is 0 Å². The fraction of sp³-hybridized carbons (Fsp3) is 0.462. The number of sulfonamides is 1. The minimum absolute atomic E-state index is 0.129. The lowest BCUT2D eigenvalue weighted by Gasteiger charge is -2.03. The molecule has 0 aliphatic rings. The summed E-state index contributed by atoms with van der Waals surface area (Å²) in [7, 11) is -0.391. The highest BCUT2D eigenvalue weighted by Gasteiger charge is 2.13. The van der Waals surface area contributed by atoms with Crippen molar-refractivity contribution in [1.82, 2.24) is 23.8 Å². The Morgan fingerprint density at radius 2 is 2.00 bits per heavy atom. The SMILES string of the molecule is C=CCS(=O)(=O)NCCCc1nc2c([nH]1)c(=O)n(C)c(=O)n2C. The van der Waals surface area contributed by atoms with Crippen LogP contribution in [0.4, 0.5) is 0 Å². The number of H-pyrrole nitrogens is 1. The number of hydrogen-bond donors (Lipinski definition) is 2. The van der Waals surface area contributed by atoms with Gasteiger partial charge in [0.15, 0.2) is 5.65 Å². The van der Waals surface area contributed by atoms with Gasteiger partial charge < -0.3 is 4.98 Å². The van der Waals surface area contributed by atoms with E-state index in [-0.39, 0.29) is 17.8 Å². The van der Waals surface area contributed by atoms with Crippen LogP contribution in [0.25, 0.3) is 11.2 Å². The molecule has 0 aliphatic heterocycles. The molecule has 2 aromatic heterocycles. The normalized spacial score (nSPS) is 11.9. The molecule has 2 aromatic rings. The number of hydrogen-bond acceptors (Lipinski definition) is 5. The first-order valence-electron chi connectivity index (χ1n) is 6.99. The van der Waals surface area contributed by atoms with Crippen LogP contribution in [0.15, 0.2) is 22.2 Å². The number of nitrogens with one attached hydrogen (secondary N) is 2. The first kappa shape index (κ1) is 17.2. The van der Waals surface area contributed by atoms with Gasteiger partial charge in [0.1, 0.15) is 11.3 Å². The lowest BCUT2D eigenvalue weighted by atomic mass is 10.3. The van der Waals surface area contributed by atoms with E-state index in [0.717, 1.165) is 4.57 Å². The van der Waals surface area contributed by atoms with Gasteiger partial charge in [0.2, 0.25) is 10.0 Å². The molecule has 0 radical (unpaired) electrons. The van der Waals surface area contributed by atoms with Gasteiger partial charge in [-0.3, -0.25) is 13.9 Å². The molecular formula is C13H19N5O4S. The second kappa shape index (κ2) is 6.50. The number of aromatic nitrogens is 4. The number of fused-ring (bicyclic) bond motifs is 1. The van der Waals surface area contributed by atoms with Crippen molar-refractivity contribution in [3.8, 4) is 0 Å². The molecule has 9 nitrogen and oxygen atoms in total. The van der Waals surface area contributed by atoms with Crippen LogP contribution >= 0.6 is 0 Å². The minimum atomic E-state index is -3.33. The van der Waals surface area contributed by atoms with Crippen LogP contribution < -0.4 is 16.0 Å². The van der Waals surface area contributed by atoms with Gasteiger partial charge in [0.05, 0.1) is 5.75 Å². The van der Waals surface area contributed by atoms with E-state index in [1.165, 1.54) is 24.7 Å². The van der Waals surface area contributed by atoms with E-state index in [4.69, 9.17) is 0 Å². The summed E-state index contributed by atoms with van der Waals surface area (Å²) in [5.41, 5.74) is -0.330. The molecule has 0 aromatic carbocycles. The Balaban J connectivity index is 2.13. The summed E-state index contributed by atoms with van der Waals surface area (Å²) in [5.74, 6) is 0.400. The predicted octanol–water partition coefficient (Wildman–Crippen LogP) is -1.00. The van der Waals surface area contributed by atoms with Crippen LogP contribution in [-0.2, 0) is 30.5 Å². The van der Waals surface area contributed by atoms with Crippen molar-refractivity contribution in [2.45, 2.75) is 12.8 Å². The first-order valence-corrected chi connectivity index (χ1v) is 8.65. The summed E-state index contributed by atoms with van der Waals surface area (Å²) in [4.78, 5) is 31.0. The van der Waals surface area contributed by atoms with E-state index in [2.05, 4.69) is 21.3 Å². The van der Waals surface area contributed by atoms with Gasteiger partial charge >= 0.3 is 5.69 Å². The molecule has 0 unspecified atom stereocenters. The van der Waals surface area contributed by atoms with Crippen molar-refractivity contribution in [3.05, 3.63) is 39.3 Å².